The van der Waals surface area contributed by atoms with E-state index in [1.54, 1.807) is 13.0 Å². The third-order valence-corrected chi connectivity index (χ3v) is 5.85. The van der Waals surface area contributed by atoms with E-state index in [0.29, 0.717) is 17.5 Å². The van der Waals surface area contributed by atoms with Crippen molar-refractivity contribution < 1.29 is 17.5 Å². The highest BCUT2D eigenvalue weighted by Crippen LogP contribution is 2.37. The number of hydrogen-bond donors (Lipinski definition) is 1. The molecule has 3 aromatic rings. The van der Waals surface area contributed by atoms with Crippen LogP contribution >= 0.6 is 11.6 Å². The number of nitrogens with one attached hydrogen (secondary N) is 1. The summed E-state index contributed by atoms with van der Waals surface area (Å²) in [7, 11) is -2.32. The van der Waals surface area contributed by atoms with Gasteiger partial charge in [-0.05, 0) is 30.7 Å². The number of anilines is 2. The molecule has 1 N–H and O–H groups in total. The lowest BCUT2D eigenvalue weighted by molar-refractivity contribution is 0.401. The molecular formula is C16H16ClFN4O3S. The van der Waals surface area contributed by atoms with Gasteiger partial charge in [0.25, 0.3) is 0 Å². The van der Waals surface area contributed by atoms with Gasteiger partial charge in [0, 0.05) is 0 Å². The van der Waals surface area contributed by atoms with Gasteiger partial charge in [-0.3, -0.25) is 5.10 Å². The van der Waals surface area contributed by atoms with Gasteiger partial charge >= 0.3 is 0 Å². The number of nitrogens with zero attached hydrogens (tertiary/aromatic N) is 3. The zero-order valence-corrected chi connectivity index (χ0v) is 15.6. The molecule has 0 aliphatic heterocycles. The summed E-state index contributed by atoms with van der Waals surface area (Å²) >= 11 is 6.13. The molecule has 0 aliphatic rings. The third kappa shape index (κ3) is 3.32. The predicted molar refractivity (Wildman–Crippen MR) is 98.1 cm³/mol. The van der Waals surface area contributed by atoms with E-state index in [2.05, 4.69) is 15.2 Å². The second-order valence-corrected chi connectivity index (χ2v) is 7.84. The monoisotopic (exact) mass is 398 g/mol. The van der Waals surface area contributed by atoms with Crippen molar-refractivity contribution in [1.82, 2.24) is 15.2 Å². The van der Waals surface area contributed by atoms with Gasteiger partial charge in [0.15, 0.2) is 5.65 Å². The van der Waals surface area contributed by atoms with Gasteiger partial charge in [-0.2, -0.15) is 0 Å². The van der Waals surface area contributed by atoms with E-state index < -0.39 is 15.8 Å². The van der Waals surface area contributed by atoms with E-state index in [-0.39, 0.29) is 28.0 Å². The van der Waals surface area contributed by atoms with Crippen LogP contribution in [-0.4, -0.2) is 36.5 Å². The fourth-order valence-corrected chi connectivity index (χ4v) is 4.46. The minimum absolute atomic E-state index is 0.0241. The van der Waals surface area contributed by atoms with Crippen LogP contribution in [0.25, 0.3) is 11.0 Å². The number of halogens is 2. The second-order valence-electron chi connectivity index (χ2n) is 5.50. The van der Waals surface area contributed by atoms with Crippen molar-refractivity contribution >= 4 is 44.0 Å². The smallest absolute Gasteiger partial charge is 0.242 e. The maximum absolute atomic E-state index is 13.4. The largest absolute Gasteiger partial charge is 0.479 e. The molecule has 1 aromatic carbocycles. The Kier molecular flexibility index (Phi) is 5.01. The van der Waals surface area contributed by atoms with Crippen molar-refractivity contribution in [2.45, 2.75) is 13.3 Å². The molecule has 138 valence electrons. The number of ether oxygens (including phenoxy) is 1. The van der Waals surface area contributed by atoms with Crippen LogP contribution in [0.1, 0.15) is 13.3 Å². The molecule has 0 fully saturated rings. The Labute approximate surface area is 154 Å². The van der Waals surface area contributed by atoms with Crippen LogP contribution in [0.15, 0.2) is 30.5 Å². The lowest BCUT2D eigenvalue weighted by atomic mass is 10.2. The Morgan fingerprint density at radius 1 is 1.35 bits per heavy atom. The molecule has 0 atom stereocenters. The first kappa shape index (κ1) is 18.4. The maximum Gasteiger partial charge on any atom is 0.242 e. The van der Waals surface area contributed by atoms with Crippen LogP contribution in [0.4, 0.5) is 15.8 Å². The van der Waals surface area contributed by atoms with Crippen LogP contribution in [-0.2, 0) is 10.0 Å². The van der Waals surface area contributed by atoms with Crippen LogP contribution < -0.4 is 9.04 Å². The number of rotatable bonds is 6. The zero-order chi connectivity index (χ0) is 18.9. The van der Waals surface area contributed by atoms with E-state index in [1.165, 1.54) is 19.4 Å². The summed E-state index contributed by atoms with van der Waals surface area (Å²) in [4.78, 5) is 4.20. The molecule has 0 saturated heterocycles. The molecule has 3 rings (SSSR count). The molecule has 26 heavy (non-hydrogen) atoms. The van der Waals surface area contributed by atoms with Gasteiger partial charge in [0.05, 0.1) is 40.8 Å². The molecular weight excluding hydrogens is 383 g/mol. The fourth-order valence-electron chi connectivity index (χ4n) is 2.58. The van der Waals surface area contributed by atoms with Crippen molar-refractivity contribution in [1.29, 1.82) is 0 Å². The van der Waals surface area contributed by atoms with E-state index >= 15 is 0 Å². The normalized spacial score (nSPS) is 11.7. The van der Waals surface area contributed by atoms with Crippen molar-refractivity contribution in [2.75, 3.05) is 17.2 Å². The van der Waals surface area contributed by atoms with E-state index in [0.717, 1.165) is 16.4 Å². The maximum atomic E-state index is 13.4. The van der Waals surface area contributed by atoms with Crippen LogP contribution in [0.5, 0.6) is 5.88 Å². The Hall–Kier alpha value is -2.39. The molecule has 0 aliphatic carbocycles. The Balaban J connectivity index is 2.23. The first-order valence-electron chi connectivity index (χ1n) is 7.73. The summed E-state index contributed by atoms with van der Waals surface area (Å²) in [6, 6.07) is 5.12. The summed E-state index contributed by atoms with van der Waals surface area (Å²) in [6.07, 6.45) is 1.79. The number of aromatic nitrogens is 3. The number of sulfonamides is 1. The van der Waals surface area contributed by atoms with E-state index in [9.17, 15) is 12.8 Å². The molecule has 7 nitrogen and oxygen atoms in total. The van der Waals surface area contributed by atoms with Gasteiger partial charge in [0.2, 0.25) is 15.9 Å². The Bertz CT molecular complexity index is 1050. The number of aromatic amines is 1. The van der Waals surface area contributed by atoms with Crippen LogP contribution in [0, 0.1) is 5.82 Å². The predicted octanol–water partition coefficient (Wildman–Crippen LogP) is 3.64. The molecule has 0 unspecified atom stereocenters. The quantitative estimate of drug-likeness (QED) is 0.684. The molecule has 0 spiro atoms. The second kappa shape index (κ2) is 7.08. The van der Waals surface area contributed by atoms with Crippen molar-refractivity contribution in [3.05, 3.63) is 41.3 Å². The minimum atomic E-state index is -3.77. The molecule has 0 radical (unpaired) electrons. The highest BCUT2D eigenvalue weighted by atomic mass is 35.5. The standard InChI is InChI=1S/C16H16ClFN4O3S/c1-3-6-26(23,24)22(14-5-4-10(18)7-13(14)17)11-8-12-15(19-9-11)20-21-16(12)25-2/h4-5,7-9H,3,6H2,1-2H3,(H,19,20,21). The van der Waals surface area contributed by atoms with Gasteiger partial charge in [-0.1, -0.05) is 18.5 Å². The Morgan fingerprint density at radius 3 is 2.77 bits per heavy atom. The topological polar surface area (TPSA) is 88.2 Å². The lowest BCUT2D eigenvalue weighted by Gasteiger charge is -2.25. The van der Waals surface area contributed by atoms with Crippen molar-refractivity contribution in [2.24, 2.45) is 0 Å². The number of hydrogen-bond acceptors (Lipinski definition) is 5. The number of H-pyrrole nitrogens is 1. The van der Waals surface area contributed by atoms with Crippen LogP contribution in [0.2, 0.25) is 5.02 Å². The van der Waals surface area contributed by atoms with Gasteiger partial charge < -0.3 is 4.74 Å². The molecule has 0 saturated carbocycles. The molecule has 0 amide bonds. The van der Waals surface area contributed by atoms with E-state index in [1.807, 2.05) is 0 Å². The summed E-state index contributed by atoms with van der Waals surface area (Å²) in [5.74, 6) is -0.384. The van der Waals surface area contributed by atoms with Crippen molar-refractivity contribution in [3.63, 3.8) is 0 Å². The summed E-state index contributed by atoms with van der Waals surface area (Å²) < 4.78 is 45.4. The SMILES string of the molecule is CCCS(=O)(=O)N(c1cnc2[nH]nc(OC)c2c1)c1ccc(F)cc1Cl. The first-order chi connectivity index (χ1) is 12.4. The molecule has 0 bridgehead atoms. The van der Waals surface area contributed by atoms with Gasteiger partial charge in [-0.15, -0.1) is 5.10 Å². The lowest BCUT2D eigenvalue weighted by Crippen LogP contribution is -2.29. The van der Waals surface area contributed by atoms with Gasteiger partial charge in [0.1, 0.15) is 5.82 Å². The average Bonchev–Trinajstić information content (AvgIpc) is 2.99. The van der Waals surface area contributed by atoms with Gasteiger partial charge in [-0.25, -0.2) is 22.1 Å². The summed E-state index contributed by atoms with van der Waals surface area (Å²) in [5.41, 5.74) is 0.841. The highest BCUT2D eigenvalue weighted by Gasteiger charge is 2.27. The Morgan fingerprint density at radius 2 is 2.12 bits per heavy atom. The third-order valence-electron chi connectivity index (χ3n) is 3.66. The molecule has 2 aromatic heterocycles. The average molecular weight is 399 g/mol. The van der Waals surface area contributed by atoms with E-state index in [4.69, 9.17) is 16.3 Å². The summed E-state index contributed by atoms with van der Waals surface area (Å²) in [5, 5.41) is 7.15. The number of methoxy groups -OCH3 is 1. The molecule has 10 heteroatoms. The minimum Gasteiger partial charge on any atom is -0.479 e. The first-order valence-corrected chi connectivity index (χ1v) is 9.72. The number of fused-ring (bicyclic) bond motifs is 1. The molecule has 2 heterocycles. The van der Waals surface area contributed by atoms with Crippen LogP contribution in [0.3, 0.4) is 0 Å². The fraction of sp³-hybridized carbons (Fsp3) is 0.250. The summed E-state index contributed by atoms with van der Waals surface area (Å²) in [6.45, 7) is 1.75. The highest BCUT2D eigenvalue weighted by molar-refractivity contribution is 7.93. The zero-order valence-electron chi connectivity index (χ0n) is 14.0. The van der Waals surface area contributed by atoms with Crippen molar-refractivity contribution in [3.8, 4) is 5.88 Å². The number of pyridine rings is 1. The number of benzene rings is 1.